The van der Waals surface area contributed by atoms with Crippen LogP contribution in [0.5, 0.6) is 0 Å². The van der Waals surface area contributed by atoms with E-state index in [-0.39, 0.29) is 0 Å². The monoisotopic (exact) mass is 118 g/mol. The van der Waals surface area contributed by atoms with Gasteiger partial charge in [-0.15, -0.1) is 0 Å². The number of hydrogen-bond donors (Lipinski definition) is 1. The molecule has 1 fully saturated rings. The number of rotatable bonds is 0. The maximum Gasteiger partial charge on any atom is 0.0586 e. The fourth-order valence-electron chi connectivity index (χ4n) is 0.650. The summed E-state index contributed by atoms with van der Waals surface area (Å²) >= 11 is 4.26. The summed E-state index contributed by atoms with van der Waals surface area (Å²) in [5.41, 5.74) is 0. The summed E-state index contributed by atoms with van der Waals surface area (Å²) in [6, 6.07) is 0. The van der Waals surface area contributed by atoms with Crippen molar-refractivity contribution in [3.63, 3.8) is 0 Å². The van der Waals surface area contributed by atoms with Crippen molar-refractivity contribution >= 4 is 12.6 Å². The third kappa shape index (κ3) is 1.10. The molecule has 1 saturated heterocycles. The first-order valence-corrected chi connectivity index (χ1v) is 3.08. The minimum absolute atomic E-state index is 0.486. The highest BCUT2D eigenvalue weighted by Crippen LogP contribution is 2.16. The van der Waals surface area contributed by atoms with E-state index in [4.69, 9.17) is 4.74 Å². The second-order valence-corrected chi connectivity index (χ2v) is 2.75. The molecule has 1 heterocycles. The number of thiol groups is 1. The van der Waals surface area contributed by atoms with E-state index >= 15 is 0 Å². The zero-order chi connectivity index (χ0) is 5.28. The predicted molar refractivity (Wildman–Crippen MR) is 32.8 cm³/mol. The van der Waals surface area contributed by atoms with Crippen LogP contribution in [-0.4, -0.2) is 18.5 Å². The molecule has 0 radical (unpaired) electrons. The maximum atomic E-state index is 5.09. The molecule has 0 amide bonds. The molecule has 42 valence electrons. The highest BCUT2D eigenvalue weighted by molar-refractivity contribution is 7.81. The van der Waals surface area contributed by atoms with Gasteiger partial charge in [-0.2, -0.15) is 12.6 Å². The minimum Gasteiger partial charge on any atom is -0.380 e. The Morgan fingerprint density at radius 3 is 2.43 bits per heavy atom. The van der Waals surface area contributed by atoms with Crippen LogP contribution in [0.2, 0.25) is 0 Å². The third-order valence-corrected chi connectivity index (χ3v) is 1.98. The van der Waals surface area contributed by atoms with Crippen LogP contribution >= 0.6 is 12.6 Å². The summed E-state index contributed by atoms with van der Waals surface area (Å²) in [6.07, 6.45) is 0. The van der Waals surface area contributed by atoms with Gasteiger partial charge in [0.2, 0.25) is 0 Å². The molecule has 0 N–H and O–H groups in total. The standard InChI is InChI=1S/C5H10OS/c1-4-2-6-3-5(4)7/h4-5,7H,2-3H2,1H3. The molecule has 0 aliphatic carbocycles. The van der Waals surface area contributed by atoms with Gasteiger partial charge < -0.3 is 4.74 Å². The lowest BCUT2D eigenvalue weighted by Gasteiger charge is -2.00. The van der Waals surface area contributed by atoms with E-state index in [0.29, 0.717) is 11.2 Å². The molecular weight excluding hydrogens is 108 g/mol. The van der Waals surface area contributed by atoms with Gasteiger partial charge in [0.15, 0.2) is 0 Å². The lowest BCUT2D eigenvalue weighted by molar-refractivity contribution is 0.189. The molecule has 1 rings (SSSR count). The SMILES string of the molecule is CC1COCC1S. The van der Waals surface area contributed by atoms with Crippen LogP contribution in [0, 0.1) is 5.92 Å². The molecule has 0 bridgehead atoms. The van der Waals surface area contributed by atoms with Gasteiger partial charge >= 0.3 is 0 Å². The Morgan fingerprint density at radius 2 is 2.29 bits per heavy atom. The highest BCUT2D eigenvalue weighted by atomic mass is 32.1. The second kappa shape index (κ2) is 2.05. The van der Waals surface area contributed by atoms with Crippen LogP contribution in [0.4, 0.5) is 0 Å². The molecule has 2 unspecified atom stereocenters. The Hall–Kier alpha value is 0.310. The smallest absolute Gasteiger partial charge is 0.0586 e. The summed E-state index contributed by atoms with van der Waals surface area (Å²) in [5, 5.41) is 0.486. The van der Waals surface area contributed by atoms with Crippen molar-refractivity contribution < 1.29 is 4.74 Å². The quantitative estimate of drug-likeness (QED) is 0.466. The Balaban J connectivity index is 2.33. The first kappa shape index (κ1) is 5.45. The van der Waals surface area contributed by atoms with Gasteiger partial charge in [0.25, 0.3) is 0 Å². The van der Waals surface area contributed by atoms with Crippen LogP contribution in [0.25, 0.3) is 0 Å². The van der Waals surface area contributed by atoms with E-state index in [0.717, 1.165) is 13.2 Å². The normalized spacial score (nSPS) is 42.0. The lowest BCUT2D eigenvalue weighted by atomic mass is 10.2. The fourth-order valence-corrected chi connectivity index (χ4v) is 0.841. The van der Waals surface area contributed by atoms with Crippen molar-refractivity contribution in [3.05, 3.63) is 0 Å². The first-order chi connectivity index (χ1) is 3.30. The van der Waals surface area contributed by atoms with Gasteiger partial charge in [-0.1, -0.05) is 6.92 Å². The molecule has 0 aromatic carbocycles. The van der Waals surface area contributed by atoms with Crippen molar-refractivity contribution in [3.8, 4) is 0 Å². The Bertz CT molecular complexity index is 57.1. The molecule has 0 aromatic heterocycles. The summed E-state index contributed by atoms with van der Waals surface area (Å²) in [6.45, 7) is 3.89. The minimum atomic E-state index is 0.486. The molecule has 7 heavy (non-hydrogen) atoms. The highest BCUT2D eigenvalue weighted by Gasteiger charge is 2.19. The van der Waals surface area contributed by atoms with E-state index < -0.39 is 0 Å². The molecule has 1 aliphatic rings. The summed E-state index contributed by atoms with van der Waals surface area (Å²) in [7, 11) is 0. The topological polar surface area (TPSA) is 9.23 Å². The van der Waals surface area contributed by atoms with Crippen molar-refractivity contribution in [1.29, 1.82) is 0 Å². The Labute approximate surface area is 49.5 Å². The molecule has 0 aromatic rings. The number of hydrogen-bond acceptors (Lipinski definition) is 2. The van der Waals surface area contributed by atoms with Crippen LogP contribution in [0.3, 0.4) is 0 Å². The summed E-state index contributed by atoms with van der Waals surface area (Å²) in [5.74, 6) is 0.656. The lowest BCUT2D eigenvalue weighted by Crippen LogP contribution is -2.06. The van der Waals surface area contributed by atoms with Gasteiger partial charge in [-0.05, 0) is 5.92 Å². The van der Waals surface area contributed by atoms with E-state index in [1.807, 2.05) is 0 Å². The molecule has 2 atom stereocenters. The van der Waals surface area contributed by atoms with E-state index in [1.165, 1.54) is 0 Å². The van der Waals surface area contributed by atoms with Gasteiger partial charge in [0.1, 0.15) is 0 Å². The Morgan fingerprint density at radius 1 is 1.57 bits per heavy atom. The third-order valence-electron chi connectivity index (χ3n) is 1.33. The van der Waals surface area contributed by atoms with E-state index in [9.17, 15) is 0 Å². The fraction of sp³-hybridized carbons (Fsp3) is 1.00. The average Bonchev–Trinajstić information content (AvgIpc) is 1.91. The van der Waals surface area contributed by atoms with Crippen molar-refractivity contribution in [1.82, 2.24) is 0 Å². The molecule has 1 aliphatic heterocycles. The number of ether oxygens (including phenoxy) is 1. The second-order valence-electron chi connectivity index (χ2n) is 2.08. The summed E-state index contributed by atoms with van der Waals surface area (Å²) in [4.78, 5) is 0. The van der Waals surface area contributed by atoms with Gasteiger partial charge in [0, 0.05) is 5.25 Å². The van der Waals surface area contributed by atoms with Crippen LogP contribution in [0.1, 0.15) is 6.92 Å². The largest absolute Gasteiger partial charge is 0.380 e. The Kier molecular flexibility index (Phi) is 1.60. The van der Waals surface area contributed by atoms with Crippen LogP contribution in [0.15, 0.2) is 0 Å². The molecule has 2 heteroatoms. The predicted octanol–water partition coefficient (Wildman–Crippen LogP) is 0.951. The average molecular weight is 118 g/mol. The first-order valence-electron chi connectivity index (χ1n) is 2.56. The van der Waals surface area contributed by atoms with Crippen molar-refractivity contribution in [2.24, 2.45) is 5.92 Å². The van der Waals surface area contributed by atoms with Gasteiger partial charge in [-0.3, -0.25) is 0 Å². The van der Waals surface area contributed by atoms with Crippen molar-refractivity contribution in [2.75, 3.05) is 13.2 Å². The van der Waals surface area contributed by atoms with Gasteiger partial charge in [0.05, 0.1) is 13.2 Å². The van der Waals surface area contributed by atoms with E-state index in [1.54, 1.807) is 0 Å². The summed E-state index contributed by atoms with van der Waals surface area (Å²) < 4.78 is 5.09. The molecular formula is C5H10OS. The molecule has 1 nitrogen and oxygen atoms in total. The zero-order valence-corrected chi connectivity index (χ0v) is 5.32. The van der Waals surface area contributed by atoms with E-state index in [2.05, 4.69) is 19.6 Å². The van der Waals surface area contributed by atoms with Crippen LogP contribution < -0.4 is 0 Å². The maximum absolute atomic E-state index is 5.09. The van der Waals surface area contributed by atoms with Crippen LogP contribution in [-0.2, 0) is 4.74 Å². The molecule has 0 saturated carbocycles. The zero-order valence-electron chi connectivity index (χ0n) is 4.42. The molecule has 0 spiro atoms. The van der Waals surface area contributed by atoms with Crippen molar-refractivity contribution in [2.45, 2.75) is 12.2 Å². The van der Waals surface area contributed by atoms with Gasteiger partial charge in [-0.25, -0.2) is 0 Å².